The Morgan fingerprint density at radius 3 is 2.94 bits per heavy atom. The molecule has 0 bridgehead atoms. The number of rotatable bonds is 3. The van der Waals surface area contributed by atoms with Crippen molar-refractivity contribution in [3.8, 4) is 11.5 Å². The van der Waals surface area contributed by atoms with Gasteiger partial charge in [-0.3, -0.25) is 0 Å². The van der Waals surface area contributed by atoms with E-state index < -0.39 is 0 Å². The third-order valence-electron chi connectivity index (χ3n) is 2.53. The van der Waals surface area contributed by atoms with Crippen molar-refractivity contribution >= 4 is 15.9 Å². The lowest BCUT2D eigenvalue weighted by molar-refractivity contribution is 0.0863. The molecule has 0 saturated heterocycles. The first-order chi connectivity index (χ1) is 7.74. The van der Waals surface area contributed by atoms with Crippen molar-refractivity contribution in [1.82, 2.24) is 5.48 Å². The van der Waals surface area contributed by atoms with Crippen molar-refractivity contribution in [2.45, 2.75) is 13.5 Å². The average Bonchev–Trinajstić information content (AvgIpc) is 2.32. The molecule has 0 fully saturated rings. The van der Waals surface area contributed by atoms with Crippen molar-refractivity contribution in [2.24, 2.45) is 0 Å². The molecule has 16 heavy (non-hydrogen) atoms. The smallest absolute Gasteiger partial charge is 0.175 e. The van der Waals surface area contributed by atoms with E-state index in [0.29, 0.717) is 19.8 Å². The van der Waals surface area contributed by atoms with Gasteiger partial charge in [-0.1, -0.05) is 0 Å². The molecule has 5 heteroatoms. The summed E-state index contributed by atoms with van der Waals surface area (Å²) in [7, 11) is 1.60. The maximum absolute atomic E-state index is 5.57. The van der Waals surface area contributed by atoms with Crippen LogP contribution >= 0.6 is 15.9 Å². The van der Waals surface area contributed by atoms with Crippen LogP contribution in [0.2, 0.25) is 0 Å². The highest BCUT2D eigenvalue weighted by atomic mass is 79.9. The number of hydrogen-bond acceptors (Lipinski definition) is 4. The Morgan fingerprint density at radius 1 is 1.44 bits per heavy atom. The number of fused-ring (bicyclic) bond motifs is 1. The van der Waals surface area contributed by atoms with Gasteiger partial charge in [0.1, 0.15) is 13.2 Å². The van der Waals surface area contributed by atoms with Crippen molar-refractivity contribution < 1.29 is 14.3 Å². The third-order valence-corrected chi connectivity index (χ3v) is 3.49. The summed E-state index contributed by atoms with van der Waals surface area (Å²) >= 11 is 3.54. The standard InChI is InChI=1S/C11H14BrNO3/c1-7-8(6-13-14-2)5-9-11(10(7)12)16-4-3-15-9/h5,13H,3-4,6H2,1-2H3. The number of benzene rings is 1. The van der Waals surface area contributed by atoms with Crippen molar-refractivity contribution in [2.75, 3.05) is 20.3 Å². The quantitative estimate of drug-likeness (QED) is 0.865. The fourth-order valence-corrected chi connectivity index (χ4v) is 2.19. The van der Waals surface area contributed by atoms with Crippen LogP contribution in [0.5, 0.6) is 11.5 Å². The van der Waals surface area contributed by atoms with Gasteiger partial charge in [-0.2, -0.15) is 5.48 Å². The third kappa shape index (κ3) is 2.16. The second-order valence-corrected chi connectivity index (χ2v) is 4.32. The highest BCUT2D eigenvalue weighted by Gasteiger charge is 2.19. The van der Waals surface area contributed by atoms with E-state index in [9.17, 15) is 0 Å². The average molecular weight is 288 g/mol. The van der Waals surface area contributed by atoms with Gasteiger partial charge in [0.05, 0.1) is 11.6 Å². The van der Waals surface area contributed by atoms with E-state index in [1.165, 1.54) is 0 Å². The lowest BCUT2D eigenvalue weighted by Gasteiger charge is -2.22. The van der Waals surface area contributed by atoms with Crippen molar-refractivity contribution in [1.29, 1.82) is 0 Å². The summed E-state index contributed by atoms with van der Waals surface area (Å²) in [4.78, 5) is 4.85. The molecule has 0 aromatic heterocycles. The summed E-state index contributed by atoms with van der Waals surface area (Å²) < 4.78 is 12.1. The Labute approximate surface area is 103 Å². The summed E-state index contributed by atoms with van der Waals surface area (Å²) in [5.74, 6) is 1.58. The maximum Gasteiger partial charge on any atom is 0.175 e. The molecular formula is C11H14BrNO3. The van der Waals surface area contributed by atoms with Crippen LogP contribution in [0.25, 0.3) is 0 Å². The molecule has 1 aliphatic rings. The Morgan fingerprint density at radius 2 is 2.19 bits per heavy atom. The summed E-state index contributed by atoms with van der Waals surface area (Å²) in [5.41, 5.74) is 5.08. The zero-order valence-electron chi connectivity index (χ0n) is 9.30. The first-order valence-corrected chi connectivity index (χ1v) is 5.86. The van der Waals surface area contributed by atoms with Crippen molar-refractivity contribution in [3.05, 3.63) is 21.7 Å². The highest BCUT2D eigenvalue weighted by molar-refractivity contribution is 9.10. The molecule has 1 aromatic rings. The molecule has 2 rings (SSSR count). The number of hydrogen-bond donors (Lipinski definition) is 1. The molecule has 0 aliphatic carbocycles. The minimum atomic E-state index is 0.597. The molecule has 1 aliphatic heterocycles. The Hall–Kier alpha value is -0.780. The maximum atomic E-state index is 5.57. The minimum absolute atomic E-state index is 0.597. The van der Waals surface area contributed by atoms with E-state index in [-0.39, 0.29) is 0 Å². The van der Waals surface area contributed by atoms with Crippen LogP contribution in [0.3, 0.4) is 0 Å². The zero-order chi connectivity index (χ0) is 11.5. The van der Waals surface area contributed by atoms with Gasteiger partial charge in [0, 0.05) is 6.54 Å². The van der Waals surface area contributed by atoms with Crippen LogP contribution in [-0.4, -0.2) is 20.3 Å². The summed E-state index contributed by atoms with van der Waals surface area (Å²) in [6.45, 7) is 3.87. The van der Waals surface area contributed by atoms with Crippen LogP contribution in [0, 0.1) is 6.92 Å². The van der Waals surface area contributed by atoms with Gasteiger partial charge in [0.25, 0.3) is 0 Å². The topological polar surface area (TPSA) is 39.7 Å². The fourth-order valence-electron chi connectivity index (χ4n) is 1.62. The van der Waals surface area contributed by atoms with Gasteiger partial charge in [-0.05, 0) is 40.0 Å². The number of halogens is 1. The Balaban J connectivity index is 2.36. The number of hydroxylamine groups is 1. The lowest BCUT2D eigenvalue weighted by Crippen LogP contribution is -2.18. The van der Waals surface area contributed by atoms with Crippen LogP contribution < -0.4 is 15.0 Å². The van der Waals surface area contributed by atoms with Gasteiger partial charge < -0.3 is 14.3 Å². The number of nitrogens with one attached hydrogen (secondary N) is 1. The van der Waals surface area contributed by atoms with Crippen LogP contribution in [0.1, 0.15) is 11.1 Å². The van der Waals surface area contributed by atoms with Crippen molar-refractivity contribution in [3.63, 3.8) is 0 Å². The van der Waals surface area contributed by atoms with E-state index in [4.69, 9.17) is 14.3 Å². The monoisotopic (exact) mass is 287 g/mol. The zero-order valence-corrected chi connectivity index (χ0v) is 10.9. The van der Waals surface area contributed by atoms with E-state index in [1.54, 1.807) is 7.11 Å². The molecule has 1 N–H and O–H groups in total. The summed E-state index contributed by atoms with van der Waals surface area (Å²) in [5, 5.41) is 0. The van der Waals surface area contributed by atoms with Gasteiger partial charge in [-0.15, -0.1) is 0 Å². The van der Waals surface area contributed by atoms with E-state index in [0.717, 1.165) is 27.1 Å². The first-order valence-electron chi connectivity index (χ1n) is 5.07. The van der Waals surface area contributed by atoms with Crippen LogP contribution in [-0.2, 0) is 11.4 Å². The lowest BCUT2D eigenvalue weighted by atomic mass is 10.1. The summed E-state index contributed by atoms with van der Waals surface area (Å²) in [6, 6.07) is 1.99. The molecule has 0 atom stereocenters. The van der Waals surface area contributed by atoms with Gasteiger partial charge in [0.2, 0.25) is 0 Å². The molecule has 1 heterocycles. The molecule has 0 saturated carbocycles. The normalized spacial score (nSPS) is 13.9. The molecule has 0 amide bonds. The van der Waals surface area contributed by atoms with E-state index >= 15 is 0 Å². The molecular weight excluding hydrogens is 274 g/mol. The highest BCUT2D eigenvalue weighted by Crippen LogP contribution is 2.41. The van der Waals surface area contributed by atoms with Gasteiger partial charge >= 0.3 is 0 Å². The second-order valence-electron chi connectivity index (χ2n) is 3.52. The van der Waals surface area contributed by atoms with Crippen LogP contribution in [0.15, 0.2) is 10.5 Å². The predicted octanol–water partition coefficient (Wildman–Crippen LogP) is 2.18. The van der Waals surface area contributed by atoms with Gasteiger partial charge in [-0.25, -0.2) is 0 Å². The molecule has 88 valence electrons. The molecule has 4 nitrogen and oxygen atoms in total. The first kappa shape index (κ1) is 11.7. The second kappa shape index (κ2) is 5.03. The predicted molar refractivity (Wildman–Crippen MR) is 63.7 cm³/mol. The molecule has 0 spiro atoms. The molecule has 1 aromatic carbocycles. The van der Waals surface area contributed by atoms with Gasteiger partial charge in [0.15, 0.2) is 11.5 Å². The Bertz CT molecular complexity index is 395. The van der Waals surface area contributed by atoms with Crippen LogP contribution in [0.4, 0.5) is 0 Å². The SMILES string of the molecule is CONCc1cc2c(c(Br)c1C)OCCO2. The van der Waals surface area contributed by atoms with E-state index in [2.05, 4.69) is 21.4 Å². The fraction of sp³-hybridized carbons (Fsp3) is 0.455. The summed E-state index contributed by atoms with van der Waals surface area (Å²) in [6.07, 6.45) is 0. The molecule has 0 unspecified atom stereocenters. The molecule has 0 radical (unpaired) electrons. The largest absolute Gasteiger partial charge is 0.486 e. The number of ether oxygens (including phenoxy) is 2. The minimum Gasteiger partial charge on any atom is -0.486 e. The van der Waals surface area contributed by atoms with E-state index in [1.807, 2.05) is 13.0 Å². The Kier molecular flexibility index (Phi) is 3.68.